The van der Waals surface area contributed by atoms with Crippen molar-refractivity contribution >= 4 is 74.8 Å². The van der Waals surface area contributed by atoms with Crippen molar-refractivity contribution in [2.24, 2.45) is 0 Å². The minimum absolute atomic E-state index is 0.488. The number of fused-ring (bicyclic) bond motifs is 1. The Balaban J connectivity index is 1.89. The highest BCUT2D eigenvalue weighted by Gasteiger charge is 2.14. The maximum absolute atomic E-state index is 9.01. The van der Waals surface area contributed by atoms with Gasteiger partial charge in [0, 0.05) is 17.9 Å². The first-order valence-electron chi connectivity index (χ1n) is 9.36. The second-order valence-corrected chi connectivity index (χ2v) is 11.1. The minimum Gasteiger partial charge on any atom is -0.306 e. The Bertz CT molecular complexity index is 1190. The van der Waals surface area contributed by atoms with Gasteiger partial charge in [-0.2, -0.15) is 0 Å². The molecule has 1 heterocycles. The number of aryl methyl sites for hydroxylation is 2. The van der Waals surface area contributed by atoms with Gasteiger partial charge in [-0.1, -0.05) is 63.7 Å². The van der Waals surface area contributed by atoms with Crippen molar-refractivity contribution in [1.82, 2.24) is 9.13 Å². The van der Waals surface area contributed by atoms with E-state index in [0.29, 0.717) is 18.7 Å². The van der Waals surface area contributed by atoms with Crippen LogP contribution in [0.2, 0.25) is 0 Å². The molecule has 0 unspecified atom stereocenters. The molecule has 4 aromatic rings. The standard InChI is InChI=1S/C23H19Br4N3/c1-13-3-21-22(4-14(13)2)30(12-16-7-19(26)10-20(27)8-16)23(28)29(21)11-15-5-17(24)9-18(25)6-15/h3-10,28H,11-12H2,1-2H3. The summed E-state index contributed by atoms with van der Waals surface area (Å²) in [6, 6.07) is 16.9. The molecule has 0 aliphatic rings. The molecule has 0 bridgehead atoms. The zero-order chi connectivity index (χ0) is 21.6. The molecule has 0 aliphatic heterocycles. The van der Waals surface area contributed by atoms with Crippen LogP contribution in [0.3, 0.4) is 0 Å². The fourth-order valence-corrected chi connectivity index (χ4v) is 6.46. The number of hydrogen-bond donors (Lipinski definition) is 1. The smallest absolute Gasteiger partial charge is 0.203 e. The van der Waals surface area contributed by atoms with E-state index < -0.39 is 0 Å². The zero-order valence-corrected chi connectivity index (χ0v) is 22.8. The average Bonchev–Trinajstić information content (AvgIpc) is 2.86. The third-order valence-electron chi connectivity index (χ3n) is 5.21. The highest BCUT2D eigenvalue weighted by atomic mass is 79.9. The van der Waals surface area contributed by atoms with Gasteiger partial charge in [0.2, 0.25) is 5.62 Å². The summed E-state index contributed by atoms with van der Waals surface area (Å²) in [6.07, 6.45) is 0. The van der Waals surface area contributed by atoms with Gasteiger partial charge in [0.05, 0.1) is 24.1 Å². The van der Waals surface area contributed by atoms with Gasteiger partial charge < -0.3 is 9.13 Å². The van der Waals surface area contributed by atoms with Crippen molar-refractivity contribution in [1.29, 1.82) is 5.41 Å². The fraction of sp³-hybridized carbons (Fsp3) is 0.174. The molecule has 0 saturated carbocycles. The Morgan fingerprint density at radius 3 is 1.27 bits per heavy atom. The van der Waals surface area contributed by atoms with Crippen molar-refractivity contribution in [3.8, 4) is 0 Å². The molecule has 0 amide bonds. The molecule has 0 fully saturated rings. The van der Waals surface area contributed by atoms with Crippen molar-refractivity contribution < 1.29 is 0 Å². The first kappa shape index (κ1) is 22.1. The first-order valence-corrected chi connectivity index (χ1v) is 12.5. The zero-order valence-electron chi connectivity index (χ0n) is 16.4. The molecule has 1 aromatic heterocycles. The van der Waals surface area contributed by atoms with Crippen LogP contribution in [0.25, 0.3) is 11.0 Å². The van der Waals surface area contributed by atoms with E-state index in [-0.39, 0.29) is 0 Å². The molecular formula is C23H19Br4N3. The summed E-state index contributed by atoms with van der Waals surface area (Å²) in [5.41, 5.74) is 7.38. The maximum Gasteiger partial charge on any atom is 0.203 e. The maximum atomic E-state index is 9.01. The van der Waals surface area contributed by atoms with Crippen LogP contribution in [0, 0.1) is 19.3 Å². The van der Waals surface area contributed by atoms with E-state index in [2.05, 4.69) is 123 Å². The van der Waals surface area contributed by atoms with Gasteiger partial charge in [-0.25, -0.2) is 0 Å². The van der Waals surface area contributed by atoms with E-state index >= 15 is 0 Å². The molecule has 0 saturated heterocycles. The number of halogens is 4. The van der Waals surface area contributed by atoms with Crippen LogP contribution in [0.4, 0.5) is 0 Å². The summed E-state index contributed by atoms with van der Waals surface area (Å²) in [7, 11) is 0. The van der Waals surface area contributed by atoms with E-state index in [4.69, 9.17) is 5.41 Å². The predicted molar refractivity (Wildman–Crippen MR) is 137 cm³/mol. The fourth-order valence-electron chi connectivity index (χ4n) is 3.68. The average molecular weight is 657 g/mol. The molecule has 0 aliphatic carbocycles. The van der Waals surface area contributed by atoms with Crippen LogP contribution in [0.1, 0.15) is 22.3 Å². The third kappa shape index (κ3) is 4.54. The monoisotopic (exact) mass is 653 g/mol. The van der Waals surface area contributed by atoms with Gasteiger partial charge in [0.1, 0.15) is 0 Å². The first-order chi connectivity index (χ1) is 14.2. The normalized spacial score (nSPS) is 11.4. The molecule has 154 valence electrons. The molecule has 0 radical (unpaired) electrons. The van der Waals surface area contributed by atoms with Gasteiger partial charge in [0.25, 0.3) is 0 Å². The molecular weight excluding hydrogens is 638 g/mol. The molecule has 7 heteroatoms. The highest BCUT2D eigenvalue weighted by Crippen LogP contribution is 2.25. The van der Waals surface area contributed by atoms with E-state index in [0.717, 1.165) is 40.1 Å². The lowest BCUT2D eigenvalue weighted by Gasteiger charge is -2.08. The number of imidazole rings is 1. The predicted octanol–water partition coefficient (Wildman–Crippen LogP) is 7.69. The molecule has 4 rings (SSSR count). The van der Waals surface area contributed by atoms with Gasteiger partial charge in [-0.05, 0) is 84.6 Å². The molecule has 1 N–H and O–H groups in total. The van der Waals surface area contributed by atoms with Crippen LogP contribution < -0.4 is 5.62 Å². The number of nitrogens with one attached hydrogen (secondary N) is 1. The number of rotatable bonds is 4. The van der Waals surface area contributed by atoms with Crippen LogP contribution in [-0.2, 0) is 13.1 Å². The van der Waals surface area contributed by atoms with Crippen molar-refractivity contribution in [2.75, 3.05) is 0 Å². The summed E-state index contributed by atoms with van der Waals surface area (Å²) in [6.45, 7) is 5.51. The summed E-state index contributed by atoms with van der Waals surface area (Å²) >= 11 is 14.3. The van der Waals surface area contributed by atoms with Gasteiger partial charge in [0.15, 0.2) is 0 Å². The van der Waals surface area contributed by atoms with Crippen molar-refractivity contribution in [2.45, 2.75) is 26.9 Å². The second-order valence-electron chi connectivity index (χ2n) is 7.48. The Labute approximate surface area is 209 Å². The van der Waals surface area contributed by atoms with Crippen LogP contribution >= 0.6 is 63.7 Å². The SMILES string of the molecule is Cc1cc2c(cc1C)n(Cc1cc(Br)cc(Br)c1)c(=N)n2Cc1cc(Br)cc(Br)c1. The molecule has 3 nitrogen and oxygen atoms in total. The second kappa shape index (κ2) is 8.77. The quantitative estimate of drug-likeness (QED) is 0.234. The Hall–Kier alpha value is -1.15. The largest absolute Gasteiger partial charge is 0.306 e. The van der Waals surface area contributed by atoms with Crippen molar-refractivity contribution in [3.05, 3.63) is 94.3 Å². The molecule has 30 heavy (non-hydrogen) atoms. The molecule has 0 spiro atoms. The lowest BCUT2D eigenvalue weighted by Crippen LogP contribution is -2.25. The molecule has 3 aromatic carbocycles. The van der Waals surface area contributed by atoms with Crippen LogP contribution in [-0.4, -0.2) is 9.13 Å². The number of nitrogens with zero attached hydrogens (tertiary/aromatic N) is 2. The topological polar surface area (TPSA) is 33.7 Å². The van der Waals surface area contributed by atoms with Crippen molar-refractivity contribution in [3.63, 3.8) is 0 Å². The minimum atomic E-state index is 0.488. The van der Waals surface area contributed by atoms with E-state index in [1.54, 1.807) is 0 Å². The highest BCUT2D eigenvalue weighted by molar-refractivity contribution is 9.11. The van der Waals surface area contributed by atoms with Gasteiger partial charge >= 0.3 is 0 Å². The Morgan fingerprint density at radius 1 is 0.600 bits per heavy atom. The summed E-state index contributed by atoms with van der Waals surface area (Å²) in [5, 5.41) is 9.01. The van der Waals surface area contributed by atoms with Gasteiger partial charge in [-0.3, -0.25) is 5.41 Å². The lowest BCUT2D eigenvalue weighted by atomic mass is 10.1. The van der Waals surface area contributed by atoms with Crippen LogP contribution in [0.5, 0.6) is 0 Å². The van der Waals surface area contributed by atoms with Gasteiger partial charge in [-0.15, -0.1) is 0 Å². The summed E-state index contributed by atoms with van der Waals surface area (Å²) < 4.78 is 8.26. The van der Waals surface area contributed by atoms with E-state index in [9.17, 15) is 0 Å². The van der Waals surface area contributed by atoms with Crippen LogP contribution in [0.15, 0.2) is 66.4 Å². The summed E-state index contributed by atoms with van der Waals surface area (Å²) in [4.78, 5) is 0. The Morgan fingerprint density at radius 2 is 0.933 bits per heavy atom. The molecule has 0 atom stereocenters. The number of hydrogen-bond acceptors (Lipinski definition) is 1. The van der Waals surface area contributed by atoms with E-state index in [1.807, 2.05) is 12.1 Å². The third-order valence-corrected chi connectivity index (χ3v) is 7.04. The Kier molecular flexibility index (Phi) is 6.45. The lowest BCUT2D eigenvalue weighted by molar-refractivity contribution is 0.663. The number of aromatic nitrogens is 2. The summed E-state index contributed by atoms with van der Waals surface area (Å²) in [5.74, 6) is 0. The van der Waals surface area contributed by atoms with E-state index in [1.165, 1.54) is 11.1 Å². The number of benzene rings is 3.